The normalized spacial score (nSPS) is 12.4. The summed E-state index contributed by atoms with van der Waals surface area (Å²) in [7, 11) is -2.68. The third kappa shape index (κ3) is 7.55. The minimum Gasteiger partial charge on any atom is -0.506 e. The van der Waals surface area contributed by atoms with E-state index in [9.17, 15) is 23.1 Å². The van der Waals surface area contributed by atoms with E-state index in [2.05, 4.69) is 37.2 Å². The van der Waals surface area contributed by atoms with Crippen LogP contribution in [0.2, 0.25) is 0 Å². The number of methoxy groups -OCH3 is 1. The fraction of sp³-hybridized carbons (Fsp3) is 0.160. The first-order chi connectivity index (χ1) is 17.6. The summed E-state index contributed by atoms with van der Waals surface area (Å²) in [5.74, 6) is -0.649. The summed E-state index contributed by atoms with van der Waals surface area (Å²) >= 11 is 6.21. The lowest BCUT2D eigenvalue weighted by Crippen LogP contribution is -2.31. The molecule has 0 unspecified atom stereocenters. The first-order valence-electron chi connectivity index (χ1n) is 10.7. The van der Waals surface area contributed by atoms with Crippen LogP contribution in [0.25, 0.3) is 0 Å². The maximum atomic E-state index is 12.4. The van der Waals surface area contributed by atoms with E-state index in [0.29, 0.717) is 20.1 Å². The van der Waals surface area contributed by atoms with Crippen molar-refractivity contribution in [2.75, 3.05) is 7.11 Å². The molecule has 3 aromatic carbocycles. The number of ether oxygens (including phenoxy) is 1. The Hall–Kier alpha value is -3.40. The number of carbonyl (C=O) groups excluding carboxylic acids is 2. The number of aromatic hydroxyl groups is 1. The number of benzene rings is 3. The molecule has 0 spiro atoms. The zero-order valence-corrected chi connectivity index (χ0v) is 23.4. The number of nitriles is 1. The van der Waals surface area contributed by atoms with Crippen LogP contribution in [0.3, 0.4) is 0 Å². The van der Waals surface area contributed by atoms with Crippen LogP contribution in [-0.2, 0) is 10.0 Å². The van der Waals surface area contributed by atoms with E-state index < -0.39 is 15.9 Å². The van der Waals surface area contributed by atoms with E-state index >= 15 is 0 Å². The highest BCUT2D eigenvalue weighted by molar-refractivity contribution is 9.11. The molecule has 0 aliphatic heterocycles. The topological polar surface area (TPSA) is 146 Å². The quantitative estimate of drug-likeness (QED) is 0.356. The Morgan fingerprint density at radius 1 is 1.03 bits per heavy atom. The molecule has 3 N–H and O–H groups in total. The Kier molecular flexibility index (Phi) is 9.31. The molecule has 37 heavy (non-hydrogen) atoms. The molecule has 1 aliphatic carbocycles. The first-order valence-corrected chi connectivity index (χ1v) is 13.8. The van der Waals surface area contributed by atoms with Gasteiger partial charge in [-0.1, -0.05) is 12.1 Å². The number of nitrogens with zero attached hydrogens (tertiary/aromatic N) is 1. The molecule has 12 heteroatoms. The highest BCUT2D eigenvalue weighted by Crippen LogP contribution is 2.32. The number of nitrogens with one attached hydrogen (secondary N) is 2. The zero-order chi connectivity index (χ0) is 27.2. The van der Waals surface area contributed by atoms with Crippen LogP contribution in [0.15, 0.2) is 74.5 Å². The predicted octanol–water partition coefficient (Wildman–Crippen LogP) is 4.49. The number of carbonyl (C=O) groups is 2. The minimum atomic E-state index is -4.07. The lowest BCUT2D eigenvalue weighted by atomic mass is 10.2. The first kappa shape index (κ1) is 28.2. The van der Waals surface area contributed by atoms with Crippen molar-refractivity contribution < 1.29 is 27.9 Å². The predicted molar refractivity (Wildman–Crippen MR) is 143 cm³/mol. The second kappa shape index (κ2) is 12.2. The molecule has 1 aliphatic rings. The zero-order valence-electron chi connectivity index (χ0n) is 19.4. The van der Waals surface area contributed by atoms with Gasteiger partial charge < -0.3 is 15.2 Å². The average molecular weight is 651 g/mol. The van der Waals surface area contributed by atoms with Crippen molar-refractivity contribution in [1.29, 1.82) is 5.26 Å². The summed E-state index contributed by atoms with van der Waals surface area (Å²) in [5, 5.41) is 20.5. The largest absolute Gasteiger partial charge is 0.506 e. The van der Waals surface area contributed by atoms with Crippen molar-refractivity contribution in [2.24, 2.45) is 0 Å². The van der Waals surface area contributed by atoms with Crippen molar-refractivity contribution in [3.05, 3.63) is 86.3 Å². The number of phenols is 1. The van der Waals surface area contributed by atoms with Crippen LogP contribution >= 0.6 is 31.9 Å². The molecule has 0 radical (unpaired) electrons. The second-order valence-corrected chi connectivity index (χ2v) is 11.2. The molecule has 0 aromatic heterocycles. The van der Waals surface area contributed by atoms with E-state index in [1.807, 2.05) is 10.8 Å². The molecule has 1 fully saturated rings. The number of phenolic OH excluding ortho intramolecular Hbond substituents is 1. The van der Waals surface area contributed by atoms with E-state index in [4.69, 9.17) is 10.00 Å². The molecule has 0 heterocycles. The molecule has 0 saturated heterocycles. The molecule has 2 amide bonds. The van der Waals surface area contributed by atoms with Crippen molar-refractivity contribution in [1.82, 2.24) is 10.0 Å². The molecule has 192 valence electrons. The summed E-state index contributed by atoms with van der Waals surface area (Å²) in [6.07, 6.45) is 1.93. The fourth-order valence-electron chi connectivity index (χ4n) is 2.98. The Balaban J connectivity index is 0.000000289. The third-order valence-electron chi connectivity index (χ3n) is 5.06. The van der Waals surface area contributed by atoms with Gasteiger partial charge in [0.1, 0.15) is 11.5 Å². The van der Waals surface area contributed by atoms with Gasteiger partial charge in [0.05, 0.1) is 38.1 Å². The standard InChI is InChI=1S/C18H18N2O5S.C7H3Br2NO/c1-25-16-5-3-2-4-15(16)18(22)20-26(23,24)14-10-6-12(7-11-14)17(21)19-13-8-9-13;8-5-1-4(3-10)2-6(9)7(5)11/h2-7,10-11,13H,8-9H2,1H3,(H,19,21)(H,20,22);1-2,11H. The molecule has 4 rings (SSSR count). The van der Waals surface area contributed by atoms with Crippen molar-refractivity contribution >= 4 is 53.7 Å². The lowest BCUT2D eigenvalue weighted by Gasteiger charge is -2.10. The van der Waals surface area contributed by atoms with Gasteiger partial charge in [-0.25, -0.2) is 13.1 Å². The van der Waals surface area contributed by atoms with Crippen molar-refractivity contribution in [3.63, 3.8) is 0 Å². The highest BCUT2D eigenvalue weighted by atomic mass is 79.9. The van der Waals surface area contributed by atoms with Crippen LogP contribution in [0.1, 0.15) is 39.1 Å². The SMILES string of the molecule is COc1ccccc1C(=O)NS(=O)(=O)c1ccc(C(=O)NC2CC2)cc1.N#Cc1cc(Br)c(O)c(Br)c1. The van der Waals surface area contributed by atoms with Gasteiger partial charge in [0.15, 0.2) is 0 Å². The summed E-state index contributed by atoms with van der Waals surface area (Å²) in [6, 6.07) is 17.0. The molecular weight excluding hydrogens is 630 g/mol. The highest BCUT2D eigenvalue weighted by Gasteiger charge is 2.25. The summed E-state index contributed by atoms with van der Waals surface area (Å²) < 4.78 is 32.9. The number of rotatable bonds is 6. The van der Waals surface area contributed by atoms with Gasteiger partial charge >= 0.3 is 0 Å². The van der Waals surface area contributed by atoms with E-state index in [1.54, 1.807) is 30.3 Å². The number of para-hydroxylation sites is 1. The Morgan fingerprint density at radius 3 is 2.16 bits per heavy atom. The van der Waals surface area contributed by atoms with E-state index in [-0.39, 0.29) is 33.9 Å². The van der Waals surface area contributed by atoms with Gasteiger partial charge in [-0.2, -0.15) is 5.26 Å². The number of hydrogen-bond acceptors (Lipinski definition) is 7. The molecule has 3 aromatic rings. The summed E-state index contributed by atoms with van der Waals surface area (Å²) in [6.45, 7) is 0. The Labute approximate surface area is 230 Å². The van der Waals surface area contributed by atoms with Crippen LogP contribution in [0.4, 0.5) is 0 Å². The van der Waals surface area contributed by atoms with Crippen molar-refractivity contribution in [2.45, 2.75) is 23.8 Å². The van der Waals surface area contributed by atoms with E-state index in [1.165, 1.54) is 37.4 Å². The maximum absolute atomic E-state index is 12.4. The molecular formula is C25H21Br2N3O6S. The van der Waals surface area contributed by atoms with Crippen LogP contribution in [0, 0.1) is 11.3 Å². The number of halogens is 2. The minimum absolute atomic E-state index is 0.108. The van der Waals surface area contributed by atoms with Gasteiger partial charge in [-0.05, 0) is 93.2 Å². The number of hydrogen-bond donors (Lipinski definition) is 3. The average Bonchev–Trinajstić information content (AvgIpc) is 3.71. The molecule has 1 saturated carbocycles. The monoisotopic (exact) mass is 649 g/mol. The summed E-state index contributed by atoms with van der Waals surface area (Å²) in [4.78, 5) is 24.1. The molecule has 0 atom stereocenters. The van der Waals surface area contributed by atoms with Gasteiger partial charge in [0.2, 0.25) is 0 Å². The lowest BCUT2D eigenvalue weighted by molar-refractivity contribution is 0.0948. The van der Waals surface area contributed by atoms with Gasteiger partial charge in [0.25, 0.3) is 21.8 Å². The van der Waals surface area contributed by atoms with Crippen LogP contribution < -0.4 is 14.8 Å². The molecule has 0 bridgehead atoms. The fourth-order valence-corrected chi connectivity index (χ4v) is 5.13. The Morgan fingerprint density at radius 2 is 1.62 bits per heavy atom. The number of amides is 2. The summed E-state index contributed by atoms with van der Waals surface area (Å²) in [5.41, 5.74) is 0.979. The van der Waals surface area contributed by atoms with Crippen LogP contribution in [-0.4, -0.2) is 38.5 Å². The molecule has 9 nitrogen and oxygen atoms in total. The van der Waals surface area contributed by atoms with Crippen LogP contribution in [0.5, 0.6) is 11.5 Å². The van der Waals surface area contributed by atoms with Gasteiger partial charge in [0, 0.05) is 11.6 Å². The number of sulfonamides is 1. The second-order valence-electron chi connectivity index (χ2n) is 7.81. The Bertz CT molecular complexity index is 1440. The van der Waals surface area contributed by atoms with Crippen molar-refractivity contribution in [3.8, 4) is 17.6 Å². The van der Waals surface area contributed by atoms with Gasteiger partial charge in [-0.3, -0.25) is 9.59 Å². The smallest absolute Gasteiger partial charge is 0.268 e. The van der Waals surface area contributed by atoms with Gasteiger partial charge in [-0.15, -0.1) is 0 Å². The third-order valence-corrected chi connectivity index (χ3v) is 7.62. The maximum Gasteiger partial charge on any atom is 0.268 e. The van der Waals surface area contributed by atoms with E-state index in [0.717, 1.165) is 12.8 Å².